The Morgan fingerprint density at radius 3 is 2.50 bits per heavy atom. The summed E-state index contributed by atoms with van der Waals surface area (Å²) in [5.41, 5.74) is 5.73. The lowest BCUT2D eigenvalue weighted by molar-refractivity contribution is -0.123. The molecule has 126 valence electrons. The van der Waals surface area contributed by atoms with Crippen molar-refractivity contribution in [2.75, 3.05) is 6.61 Å². The van der Waals surface area contributed by atoms with Crippen LogP contribution in [0.25, 0.3) is 0 Å². The number of benzene rings is 2. The highest BCUT2D eigenvalue weighted by molar-refractivity contribution is 5.82. The summed E-state index contributed by atoms with van der Waals surface area (Å²) in [6.45, 7) is 8.42. The summed E-state index contributed by atoms with van der Waals surface area (Å²) in [5.74, 6) is 0.423. The molecule has 0 radical (unpaired) electrons. The predicted molar refractivity (Wildman–Crippen MR) is 97.6 cm³/mol. The van der Waals surface area contributed by atoms with Crippen molar-refractivity contribution in [3.63, 3.8) is 0 Å². The van der Waals surface area contributed by atoms with Gasteiger partial charge in [-0.3, -0.25) is 4.79 Å². The van der Waals surface area contributed by atoms with Crippen LogP contribution in [0.15, 0.2) is 53.6 Å². The van der Waals surface area contributed by atoms with Crippen LogP contribution in [0.1, 0.15) is 37.5 Å². The highest BCUT2D eigenvalue weighted by Crippen LogP contribution is 2.27. The van der Waals surface area contributed by atoms with Crippen LogP contribution < -0.4 is 10.2 Å². The molecule has 0 aromatic heterocycles. The van der Waals surface area contributed by atoms with Crippen molar-refractivity contribution in [2.24, 2.45) is 5.10 Å². The van der Waals surface area contributed by atoms with E-state index < -0.39 is 0 Å². The summed E-state index contributed by atoms with van der Waals surface area (Å²) in [4.78, 5) is 11.8. The standard InChI is InChI=1S/C20H24N2O2/c1-15-12-17(20(2,3)4)10-11-18(15)24-14-19(23)22-21-13-16-8-6-5-7-9-16/h5-13H,14H2,1-4H3,(H,22,23). The molecule has 0 spiro atoms. The monoisotopic (exact) mass is 324 g/mol. The number of ether oxygens (including phenoxy) is 1. The first-order chi connectivity index (χ1) is 11.4. The highest BCUT2D eigenvalue weighted by atomic mass is 16.5. The van der Waals surface area contributed by atoms with Gasteiger partial charge in [-0.05, 0) is 35.1 Å². The third kappa shape index (κ3) is 5.23. The summed E-state index contributed by atoms with van der Waals surface area (Å²) in [6, 6.07) is 15.6. The van der Waals surface area contributed by atoms with Crippen molar-refractivity contribution in [3.8, 4) is 5.75 Å². The van der Waals surface area contributed by atoms with Crippen LogP contribution in [0, 0.1) is 6.92 Å². The summed E-state index contributed by atoms with van der Waals surface area (Å²) in [7, 11) is 0. The smallest absolute Gasteiger partial charge is 0.277 e. The largest absolute Gasteiger partial charge is 0.483 e. The predicted octanol–water partition coefficient (Wildman–Crippen LogP) is 3.82. The molecule has 0 bridgehead atoms. The Morgan fingerprint density at radius 1 is 1.17 bits per heavy atom. The van der Waals surface area contributed by atoms with Gasteiger partial charge in [0.05, 0.1) is 6.21 Å². The van der Waals surface area contributed by atoms with Crippen LogP contribution in [0.5, 0.6) is 5.75 Å². The fourth-order valence-electron chi connectivity index (χ4n) is 2.17. The van der Waals surface area contributed by atoms with E-state index in [2.05, 4.69) is 37.4 Å². The Balaban J connectivity index is 1.87. The topological polar surface area (TPSA) is 50.7 Å². The van der Waals surface area contributed by atoms with Crippen molar-refractivity contribution in [1.82, 2.24) is 5.43 Å². The molecule has 0 atom stereocenters. The zero-order chi connectivity index (χ0) is 17.6. The number of carbonyl (C=O) groups is 1. The molecule has 0 fully saturated rings. The Hall–Kier alpha value is -2.62. The number of nitrogens with zero attached hydrogens (tertiary/aromatic N) is 1. The zero-order valence-electron chi connectivity index (χ0n) is 14.7. The third-order valence-electron chi connectivity index (χ3n) is 3.60. The van der Waals surface area contributed by atoms with Crippen molar-refractivity contribution in [1.29, 1.82) is 0 Å². The van der Waals surface area contributed by atoms with Crippen molar-refractivity contribution in [3.05, 3.63) is 65.2 Å². The second-order valence-electron chi connectivity index (χ2n) is 6.72. The molecule has 0 aliphatic rings. The van der Waals surface area contributed by atoms with Gasteiger partial charge in [0.2, 0.25) is 0 Å². The van der Waals surface area contributed by atoms with E-state index in [0.717, 1.165) is 11.1 Å². The molecular weight excluding hydrogens is 300 g/mol. The first kappa shape index (κ1) is 17.7. The maximum atomic E-state index is 11.8. The first-order valence-corrected chi connectivity index (χ1v) is 7.97. The third-order valence-corrected chi connectivity index (χ3v) is 3.60. The van der Waals surface area contributed by atoms with E-state index in [1.165, 1.54) is 5.56 Å². The number of nitrogens with one attached hydrogen (secondary N) is 1. The van der Waals surface area contributed by atoms with Gasteiger partial charge >= 0.3 is 0 Å². The minimum atomic E-state index is -0.290. The molecule has 24 heavy (non-hydrogen) atoms. The quantitative estimate of drug-likeness (QED) is 0.671. The Morgan fingerprint density at radius 2 is 1.88 bits per heavy atom. The maximum Gasteiger partial charge on any atom is 0.277 e. The first-order valence-electron chi connectivity index (χ1n) is 7.97. The second-order valence-corrected chi connectivity index (χ2v) is 6.72. The summed E-state index contributed by atoms with van der Waals surface area (Å²) in [5, 5.41) is 3.92. The van der Waals surface area contributed by atoms with Gasteiger partial charge in [0.25, 0.3) is 5.91 Å². The minimum Gasteiger partial charge on any atom is -0.483 e. The second kappa shape index (κ2) is 7.77. The van der Waals surface area contributed by atoms with Gasteiger partial charge in [0, 0.05) is 0 Å². The molecule has 0 saturated heterocycles. The van der Waals surface area contributed by atoms with Crippen LogP contribution in [0.4, 0.5) is 0 Å². The number of hydrogen-bond donors (Lipinski definition) is 1. The van der Waals surface area contributed by atoms with Crippen LogP contribution in [-0.2, 0) is 10.2 Å². The van der Waals surface area contributed by atoms with Crippen LogP contribution >= 0.6 is 0 Å². The summed E-state index contributed by atoms with van der Waals surface area (Å²) in [6.07, 6.45) is 1.60. The lowest BCUT2D eigenvalue weighted by Gasteiger charge is -2.20. The molecule has 4 nitrogen and oxygen atoms in total. The van der Waals surface area contributed by atoms with Crippen LogP contribution in [0.3, 0.4) is 0 Å². The van der Waals surface area contributed by atoms with E-state index in [0.29, 0.717) is 5.75 Å². The molecular formula is C20H24N2O2. The number of carbonyl (C=O) groups excluding carboxylic acids is 1. The van der Waals surface area contributed by atoms with Gasteiger partial charge in [-0.25, -0.2) is 5.43 Å². The fraction of sp³-hybridized carbons (Fsp3) is 0.300. The Bertz CT molecular complexity index is 716. The highest BCUT2D eigenvalue weighted by Gasteiger charge is 2.15. The van der Waals surface area contributed by atoms with E-state index >= 15 is 0 Å². The molecule has 2 aromatic rings. The lowest BCUT2D eigenvalue weighted by atomic mass is 9.86. The average molecular weight is 324 g/mol. The van der Waals surface area contributed by atoms with Crippen LogP contribution in [0.2, 0.25) is 0 Å². The van der Waals surface area contributed by atoms with E-state index in [9.17, 15) is 4.79 Å². The minimum absolute atomic E-state index is 0.0676. The molecule has 2 aromatic carbocycles. The summed E-state index contributed by atoms with van der Waals surface area (Å²) < 4.78 is 5.58. The van der Waals surface area contributed by atoms with Gasteiger partial charge in [0.1, 0.15) is 5.75 Å². The molecule has 1 N–H and O–H groups in total. The van der Waals surface area contributed by atoms with Gasteiger partial charge in [-0.15, -0.1) is 0 Å². The Labute approximate surface area is 143 Å². The van der Waals surface area contributed by atoms with E-state index in [4.69, 9.17) is 4.74 Å². The molecule has 0 heterocycles. The lowest BCUT2D eigenvalue weighted by Crippen LogP contribution is -2.24. The fourth-order valence-corrected chi connectivity index (χ4v) is 2.17. The molecule has 2 rings (SSSR count). The van der Waals surface area contributed by atoms with Crippen molar-refractivity contribution < 1.29 is 9.53 Å². The number of amides is 1. The zero-order valence-corrected chi connectivity index (χ0v) is 14.7. The average Bonchev–Trinajstić information content (AvgIpc) is 2.54. The van der Waals surface area contributed by atoms with Crippen LogP contribution in [-0.4, -0.2) is 18.7 Å². The number of rotatable bonds is 5. The maximum absolute atomic E-state index is 11.8. The van der Waals surface area contributed by atoms with E-state index in [-0.39, 0.29) is 17.9 Å². The Kier molecular flexibility index (Phi) is 5.74. The van der Waals surface area contributed by atoms with E-state index in [1.807, 2.05) is 49.4 Å². The number of hydrogen-bond acceptors (Lipinski definition) is 3. The van der Waals surface area contributed by atoms with Crippen molar-refractivity contribution >= 4 is 12.1 Å². The normalized spacial score (nSPS) is 11.5. The number of aryl methyl sites for hydroxylation is 1. The number of hydrazone groups is 1. The van der Waals surface area contributed by atoms with Gasteiger partial charge in [-0.1, -0.05) is 63.2 Å². The van der Waals surface area contributed by atoms with Gasteiger partial charge < -0.3 is 4.74 Å². The molecule has 0 saturated carbocycles. The molecule has 1 amide bonds. The van der Waals surface area contributed by atoms with Gasteiger partial charge in [-0.2, -0.15) is 5.10 Å². The van der Waals surface area contributed by atoms with E-state index in [1.54, 1.807) is 6.21 Å². The molecule has 4 heteroatoms. The molecule has 0 aliphatic heterocycles. The molecule has 0 aliphatic carbocycles. The van der Waals surface area contributed by atoms with Gasteiger partial charge in [0.15, 0.2) is 6.61 Å². The molecule has 0 unspecified atom stereocenters. The SMILES string of the molecule is Cc1cc(C(C)(C)C)ccc1OCC(=O)NN=Cc1ccccc1. The van der Waals surface area contributed by atoms with Crippen molar-refractivity contribution in [2.45, 2.75) is 33.1 Å². The summed E-state index contributed by atoms with van der Waals surface area (Å²) >= 11 is 0.